The monoisotopic (exact) mass is 294 g/mol. The van der Waals surface area contributed by atoms with Gasteiger partial charge in [0.25, 0.3) is 0 Å². The first-order chi connectivity index (χ1) is 10.2. The van der Waals surface area contributed by atoms with Crippen LogP contribution < -0.4 is 20.7 Å². The lowest BCUT2D eigenvalue weighted by molar-refractivity contribution is 0.382. The van der Waals surface area contributed by atoms with Crippen molar-refractivity contribution in [1.82, 2.24) is 15.2 Å². The Balaban J connectivity index is 2.63. The molecule has 21 heavy (non-hydrogen) atoms. The Morgan fingerprint density at radius 1 is 1.33 bits per heavy atom. The lowest BCUT2D eigenvalue weighted by atomic mass is 10.0. The second kappa shape index (κ2) is 6.55. The van der Waals surface area contributed by atoms with E-state index in [9.17, 15) is 4.39 Å². The maximum atomic E-state index is 14.3. The molecule has 0 amide bonds. The van der Waals surface area contributed by atoms with Crippen molar-refractivity contribution in [1.29, 1.82) is 0 Å². The number of hydrogen-bond acceptors (Lipinski definition) is 5. The van der Waals surface area contributed by atoms with Gasteiger partial charge in [-0.2, -0.15) is 5.10 Å². The van der Waals surface area contributed by atoms with Crippen molar-refractivity contribution in [3.8, 4) is 11.5 Å². The van der Waals surface area contributed by atoms with E-state index in [1.54, 1.807) is 23.0 Å². The van der Waals surface area contributed by atoms with E-state index in [0.717, 1.165) is 0 Å². The molecular formula is C14H19FN4O2. The lowest BCUT2D eigenvalue weighted by Gasteiger charge is -2.21. The molecule has 2 rings (SSSR count). The molecule has 6 nitrogen and oxygen atoms in total. The van der Waals surface area contributed by atoms with Crippen LogP contribution in [-0.2, 0) is 6.54 Å². The first kappa shape index (κ1) is 15.3. The van der Waals surface area contributed by atoms with Gasteiger partial charge in [-0.25, -0.2) is 9.82 Å². The van der Waals surface area contributed by atoms with E-state index in [-0.39, 0.29) is 0 Å². The van der Waals surface area contributed by atoms with Gasteiger partial charge in [-0.1, -0.05) is 6.07 Å². The fourth-order valence-electron chi connectivity index (χ4n) is 2.35. The fourth-order valence-corrected chi connectivity index (χ4v) is 2.35. The fraction of sp³-hybridized carbons (Fsp3) is 0.357. The number of nitrogens with two attached hydrogens (primary N) is 1. The summed E-state index contributed by atoms with van der Waals surface area (Å²) in [4.78, 5) is 0. The van der Waals surface area contributed by atoms with E-state index in [1.165, 1.54) is 20.3 Å². The van der Waals surface area contributed by atoms with Crippen molar-refractivity contribution in [2.75, 3.05) is 14.2 Å². The third-order valence-corrected chi connectivity index (χ3v) is 3.33. The molecule has 3 N–H and O–H groups in total. The Labute approximate surface area is 122 Å². The zero-order valence-corrected chi connectivity index (χ0v) is 12.3. The summed E-state index contributed by atoms with van der Waals surface area (Å²) in [5.41, 5.74) is 3.59. The molecule has 0 saturated heterocycles. The highest BCUT2D eigenvalue weighted by Gasteiger charge is 2.27. The molecule has 0 saturated carbocycles. The van der Waals surface area contributed by atoms with Crippen LogP contribution in [0.2, 0.25) is 0 Å². The lowest BCUT2D eigenvalue weighted by Crippen LogP contribution is -2.32. The molecule has 114 valence electrons. The normalized spacial score (nSPS) is 12.2. The van der Waals surface area contributed by atoms with Crippen molar-refractivity contribution in [3.63, 3.8) is 0 Å². The number of rotatable bonds is 6. The number of nitrogens with one attached hydrogen (secondary N) is 1. The molecular weight excluding hydrogens is 275 g/mol. The smallest absolute Gasteiger partial charge is 0.161 e. The molecule has 0 fully saturated rings. The highest BCUT2D eigenvalue weighted by Crippen LogP contribution is 2.35. The number of nitrogens with zero attached hydrogens (tertiary/aromatic N) is 2. The first-order valence-corrected chi connectivity index (χ1v) is 6.56. The molecule has 0 aliphatic rings. The summed E-state index contributed by atoms with van der Waals surface area (Å²) in [5.74, 6) is 6.19. The molecule has 1 atom stereocenters. The van der Waals surface area contributed by atoms with Crippen LogP contribution in [0.5, 0.6) is 11.5 Å². The second-order valence-electron chi connectivity index (χ2n) is 4.37. The quantitative estimate of drug-likeness (QED) is 0.625. The van der Waals surface area contributed by atoms with Crippen LogP contribution in [0.15, 0.2) is 24.4 Å². The maximum Gasteiger partial charge on any atom is 0.161 e. The van der Waals surface area contributed by atoms with E-state index < -0.39 is 11.9 Å². The number of halogens is 1. The van der Waals surface area contributed by atoms with E-state index in [4.69, 9.17) is 15.3 Å². The Morgan fingerprint density at radius 2 is 2.05 bits per heavy atom. The summed E-state index contributed by atoms with van der Waals surface area (Å²) < 4.78 is 26.5. The van der Waals surface area contributed by atoms with Crippen molar-refractivity contribution in [2.24, 2.45) is 5.84 Å². The van der Waals surface area contributed by atoms with Gasteiger partial charge in [-0.3, -0.25) is 10.5 Å². The molecule has 1 heterocycles. The van der Waals surface area contributed by atoms with Gasteiger partial charge in [0.05, 0.1) is 32.0 Å². The molecule has 0 bridgehead atoms. The molecule has 0 radical (unpaired) electrons. The summed E-state index contributed by atoms with van der Waals surface area (Å²) in [6, 6.07) is 3.99. The molecule has 2 aromatic rings. The Bertz CT molecular complexity index is 594. The van der Waals surface area contributed by atoms with Crippen LogP contribution in [0, 0.1) is 5.82 Å². The van der Waals surface area contributed by atoms with Crippen LogP contribution in [0.25, 0.3) is 0 Å². The van der Waals surface area contributed by atoms with Gasteiger partial charge in [-0.05, 0) is 19.1 Å². The summed E-state index contributed by atoms with van der Waals surface area (Å²) in [7, 11) is 3.02. The van der Waals surface area contributed by atoms with E-state index >= 15 is 0 Å². The Kier molecular flexibility index (Phi) is 4.77. The highest BCUT2D eigenvalue weighted by molar-refractivity contribution is 5.44. The standard InChI is InChI=1S/C14H19FN4O2/c1-4-19-14(11(21-3)8-17-19)13(18-16)12-9(15)6-5-7-10(12)20-2/h5-8,13,18H,4,16H2,1-3H3. The number of methoxy groups -OCH3 is 2. The number of hydrogen-bond donors (Lipinski definition) is 2. The number of hydrazine groups is 1. The van der Waals surface area contributed by atoms with Gasteiger partial charge in [0, 0.05) is 6.54 Å². The van der Waals surface area contributed by atoms with Gasteiger partial charge in [0.2, 0.25) is 0 Å². The summed E-state index contributed by atoms with van der Waals surface area (Å²) in [5, 5.41) is 4.22. The zero-order valence-electron chi connectivity index (χ0n) is 12.3. The summed E-state index contributed by atoms with van der Waals surface area (Å²) >= 11 is 0. The minimum absolute atomic E-state index is 0.316. The van der Waals surface area contributed by atoms with Crippen molar-refractivity contribution >= 4 is 0 Å². The molecule has 1 aromatic heterocycles. The second-order valence-corrected chi connectivity index (χ2v) is 4.37. The largest absolute Gasteiger partial charge is 0.496 e. The predicted molar refractivity (Wildman–Crippen MR) is 76.6 cm³/mol. The van der Waals surface area contributed by atoms with Crippen molar-refractivity contribution in [3.05, 3.63) is 41.5 Å². The van der Waals surface area contributed by atoms with Crippen LogP contribution in [-0.4, -0.2) is 24.0 Å². The number of aromatic nitrogens is 2. The molecule has 0 aliphatic heterocycles. The van der Waals surface area contributed by atoms with Crippen LogP contribution in [0.1, 0.15) is 24.2 Å². The third-order valence-electron chi connectivity index (χ3n) is 3.33. The van der Waals surface area contributed by atoms with Gasteiger partial charge in [0.15, 0.2) is 5.75 Å². The van der Waals surface area contributed by atoms with Crippen LogP contribution in [0.4, 0.5) is 4.39 Å². The van der Waals surface area contributed by atoms with E-state index in [0.29, 0.717) is 29.3 Å². The summed E-state index contributed by atoms with van der Waals surface area (Å²) in [6.45, 7) is 2.54. The topological polar surface area (TPSA) is 74.3 Å². The molecule has 1 unspecified atom stereocenters. The average Bonchev–Trinajstić information content (AvgIpc) is 2.92. The minimum Gasteiger partial charge on any atom is -0.496 e. The number of aryl methyl sites for hydroxylation is 1. The molecule has 0 spiro atoms. The first-order valence-electron chi connectivity index (χ1n) is 6.56. The Hall–Kier alpha value is -2.12. The molecule has 1 aromatic carbocycles. The minimum atomic E-state index is -0.640. The molecule has 7 heteroatoms. The summed E-state index contributed by atoms with van der Waals surface area (Å²) in [6.07, 6.45) is 1.58. The maximum absolute atomic E-state index is 14.3. The van der Waals surface area contributed by atoms with Gasteiger partial charge < -0.3 is 9.47 Å². The third kappa shape index (κ3) is 2.70. The Morgan fingerprint density at radius 3 is 2.62 bits per heavy atom. The van der Waals surface area contributed by atoms with E-state index in [1.807, 2.05) is 6.92 Å². The van der Waals surface area contributed by atoms with E-state index in [2.05, 4.69) is 10.5 Å². The number of ether oxygens (including phenoxy) is 2. The SMILES string of the molecule is CCn1ncc(OC)c1C(NN)c1c(F)cccc1OC. The average molecular weight is 294 g/mol. The highest BCUT2D eigenvalue weighted by atomic mass is 19.1. The number of benzene rings is 1. The van der Waals surface area contributed by atoms with Crippen molar-refractivity contribution < 1.29 is 13.9 Å². The predicted octanol–water partition coefficient (Wildman–Crippen LogP) is 1.61. The van der Waals surface area contributed by atoms with Crippen LogP contribution >= 0.6 is 0 Å². The van der Waals surface area contributed by atoms with Gasteiger partial charge >= 0.3 is 0 Å². The van der Waals surface area contributed by atoms with Gasteiger partial charge in [-0.15, -0.1) is 0 Å². The van der Waals surface area contributed by atoms with Crippen LogP contribution in [0.3, 0.4) is 0 Å². The zero-order chi connectivity index (χ0) is 15.4. The van der Waals surface area contributed by atoms with Gasteiger partial charge in [0.1, 0.15) is 17.3 Å². The molecule has 0 aliphatic carbocycles. The van der Waals surface area contributed by atoms with Crippen molar-refractivity contribution in [2.45, 2.75) is 19.5 Å².